The third-order valence-corrected chi connectivity index (χ3v) is 3.16. The Balaban J connectivity index is 2.62. The maximum Gasteiger partial charge on any atom is 0.391 e. The largest absolute Gasteiger partial charge is 0.463 e. The molecule has 1 saturated carbocycles. The fourth-order valence-electron chi connectivity index (χ4n) is 2.05. The molecule has 0 unspecified atom stereocenters. The minimum absolute atomic E-state index is 0.0789. The van der Waals surface area contributed by atoms with E-state index < -0.39 is 18.1 Å². The molecule has 0 heterocycles. The summed E-state index contributed by atoms with van der Waals surface area (Å²) >= 11 is 0. The molecule has 1 aliphatic carbocycles. The van der Waals surface area contributed by atoms with Gasteiger partial charge in [-0.05, 0) is 39.5 Å². The SMILES string of the molecule is CCOC(=O)C(C)=C1CCC(C(F)(F)F)CC1. The third-order valence-electron chi connectivity index (χ3n) is 3.16. The van der Waals surface area contributed by atoms with E-state index in [0.29, 0.717) is 18.4 Å². The molecule has 17 heavy (non-hydrogen) atoms. The first-order valence-electron chi connectivity index (χ1n) is 5.78. The van der Waals surface area contributed by atoms with Gasteiger partial charge in [0, 0.05) is 5.57 Å². The van der Waals surface area contributed by atoms with Gasteiger partial charge in [-0.25, -0.2) is 4.79 Å². The summed E-state index contributed by atoms with van der Waals surface area (Å²) in [6.07, 6.45) is -3.27. The van der Waals surface area contributed by atoms with Crippen LogP contribution in [0.5, 0.6) is 0 Å². The first kappa shape index (κ1) is 14.1. The summed E-state index contributed by atoms with van der Waals surface area (Å²) in [5.41, 5.74) is 1.29. The molecule has 0 spiro atoms. The molecule has 0 aromatic heterocycles. The van der Waals surface area contributed by atoms with Gasteiger partial charge in [0.2, 0.25) is 0 Å². The number of carbonyl (C=O) groups is 1. The summed E-state index contributed by atoms with van der Waals surface area (Å²) in [7, 11) is 0. The highest BCUT2D eigenvalue weighted by Gasteiger charge is 2.40. The fraction of sp³-hybridized carbons (Fsp3) is 0.750. The molecule has 0 amide bonds. The Morgan fingerprint density at radius 3 is 2.29 bits per heavy atom. The fourth-order valence-corrected chi connectivity index (χ4v) is 2.05. The van der Waals surface area contributed by atoms with Gasteiger partial charge in [-0.2, -0.15) is 13.2 Å². The van der Waals surface area contributed by atoms with E-state index in [-0.39, 0.29) is 19.4 Å². The number of hydrogen-bond acceptors (Lipinski definition) is 2. The number of halogens is 3. The van der Waals surface area contributed by atoms with Crippen molar-refractivity contribution in [3.05, 3.63) is 11.1 Å². The van der Waals surface area contributed by atoms with E-state index in [1.54, 1.807) is 13.8 Å². The summed E-state index contributed by atoms with van der Waals surface area (Å²) in [4.78, 5) is 11.4. The van der Waals surface area contributed by atoms with Crippen LogP contribution >= 0.6 is 0 Å². The number of hydrogen-bond donors (Lipinski definition) is 0. The second-order valence-electron chi connectivity index (χ2n) is 4.26. The van der Waals surface area contributed by atoms with Gasteiger partial charge < -0.3 is 4.74 Å². The highest BCUT2D eigenvalue weighted by Crippen LogP contribution is 2.40. The Morgan fingerprint density at radius 2 is 1.88 bits per heavy atom. The van der Waals surface area contributed by atoms with Crippen LogP contribution in [0, 0.1) is 5.92 Å². The lowest BCUT2D eigenvalue weighted by molar-refractivity contribution is -0.179. The molecule has 1 aliphatic rings. The van der Waals surface area contributed by atoms with Gasteiger partial charge >= 0.3 is 12.1 Å². The standard InChI is InChI=1S/C12H17F3O2/c1-3-17-11(16)8(2)9-4-6-10(7-5-9)12(13,14)15/h10H,3-7H2,1-2H3. The maximum absolute atomic E-state index is 12.4. The Kier molecular flexibility index (Phi) is 4.60. The van der Waals surface area contributed by atoms with Gasteiger partial charge in [0.1, 0.15) is 0 Å². The highest BCUT2D eigenvalue weighted by molar-refractivity contribution is 5.88. The van der Waals surface area contributed by atoms with Gasteiger partial charge in [-0.1, -0.05) is 5.57 Å². The van der Waals surface area contributed by atoms with E-state index in [9.17, 15) is 18.0 Å². The van der Waals surface area contributed by atoms with Crippen molar-refractivity contribution in [3.8, 4) is 0 Å². The predicted octanol–water partition coefficient (Wildman–Crippen LogP) is 3.62. The van der Waals surface area contributed by atoms with E-state index in [1.165, 1.54) is 0 Å². The van der Waals surface area contributed by atoms with Crippen molar-refractivity contribution in [3.63, 3.8) is 0 Å². The zero-order valence-corrected chi connectivity index (χ0v) is 10.1. The topological polar surface area (TPSA) is 26.3 Å². The number of carbonyl (C=O) groups excluding carboxylic acids is 1. The molecule has 0 N–H and O–H groups in total. The molecule has 0 bridgehead atoms. The smallest absolute Gasteiger partial charge is 0.391 e. The van der Waals surface area contributed by atoms with Gasteiger partial charge in [0.05, 0.1) is 12.5 Å². The van der Waals surface area contributed by atoms with Crippen LogP contribution in [0.15, 0.2) is 11.1 Å². The summed E-state index contributed by atoms with van der Waals surface area (Å²) in [5, 5.41) is 0. The van der Waals surface area contributed by atoms with Crippen LogP contribution in [0.4, 0.5) is 13.2 Å². The lowest BCUT2D eigenvalue weighted by atomic mass is 9.83. The van der Waals surface area contributed by atoms with Crippen LogP contribution in [0.2, 0.25) is 0 Å². The van der Waals surface area contributed by atoms with Crippen molar-refractivity contribution in [2.45, 2.75) is 45.7 Å². The first-order valence-corrected chi connectivity index (χ1v) is 5.78. The van der Waals surface area contributed by atoms with Crippen LogP contribution in [0.25, 0.3) is 0 Å². The molecular formula is C12H17F3O2. The van der Waals surface area contributed by atoms with Gasteiger partial charge in [-0.3, -0.25) is 0 Å². The number of alkyl halides is 3. The van der Waals surface area contributed by atoms with Crippen molar-refractivity contribution < 1.29 is 22.7 Å². The lowest BCUT2D eigenvalue weighted by Crippen LogP contribution is -2.26. The van der Waals surface area contributed by atoms with Crippen molar-refractivity contribution in [1.82, 2.24) is 0 Å². The second kappa shape index (κ2) is 5.56. The molecule has 98 valence electrons. The predicted molar refractivity (Wildman–Crippen MR) is 57.3 cm³/mol. The molecule has 1 fully saturated rings. The van der Waals surface area contributed by atoms with E-state index in [1.807, 2.05) is 0 Å². The Hall–Kier alpha value is -1.00. The lowest BCUT2D eigenvalue weighted by Gasteiger charge is -2.26. The summed E-state index contributed by atoms with van der Waals surface area (Å²) in [6.45, 7) is 3.62. The third kappa shape index (κ3) is 3.75. The minimum Gasteiger partial charge on any atom is -0.463 e. The Labute approximate surface area is 98.8 Å². The average molecular weight is 250 g/mol. The van der Waals surface area contributed by atoms with Gasteiger partial charge in [0.25, 0.3) is 0 Å². The summed E-state index contributed by atoms with van der Waals surface area (Å²) in [6, 6.07) is 0. The van der Waals surface area contributed by atoms with Crippen LogP contribution in [0.1, 0.15) is 39.5 Å². The van der Waals surface area contributed by atoms with Gasteiger partial charge in [0.15, 0.2) is 0 Å². The normalized spacial score (nSPS) is 21.2. The number of esters is 1. The molecule has 5 heteroatoms. The molecule has 0 atom stereocenters. The van der Waals surface area contributed by atoms with Crippen LogP contribution in [-0.4, -0.2) is 18.8 Å². The van der Waals surface area contributed by atoms with Crippen LogP contribution in [0.3, 0.4) is 0 Å². The maximum atomic E-state index is 12.4. The summed E-state index contributed by atoms with van der Waals surface area (Å²) in [5.74, 6) is -1.63. The number of allylic oxidation sites excluding steroid dienone is 1. The second-order valence-corrected chi connectivity index (χ2v) is 4.26. The molecule has 2 nitrogen and oxygen atoms in total. The Morgan fingerprint density at radius 1 is 1.35 bits per heavy atom. The van der Waals surface area contributed by atoms with E-state index >= 15 is 0 Å². The van der Waals surface area contributed by atoms with Crippen molar-refractivity contribution in [2.24, 2.45) is 5.92 Å². The molecule has 0 aromatic rings. The van der Waals surface area contributed by atoms with E-state index in [0.717, 1.165) is 5.57 Å². The molecule has 0 saturated heterocycles. The zero-order chi connectivity index (χ0) is 13.1. The van der Waals surface area contributed by atoms with Crippen molar-refractivity contribution >= 4 is 5.97 Å². The zero-order valence-electron chi connectivity index (χ0n) is 10.1. The molecule has 0 radical (unpaired) electrons. The van der Waals surface area contributed by atoms with Gasteiger partial charge in [-0.15, -0.1) is 0 Å². The minimum atomic E-state index is -4.11. The average Bonchev–Trinajstić information content (AvgIpc) is 2.27. The van der Waals surface area contributed by atoms with Crippen molar-refractivity contribution in [2.75, 3.05) is 6.61 Å². The number of ether oxygens (including phenoxy) is 1. The number of rotatable bonds is 2. The monoisotopic (exact) mass is 250 g/mol. The van der Waals surface area contributed by atoms with Crippen LogP contribution < -0.4 is 0 Å². The van der Waals surface area contributed by atoms with E-state index in [2.05, 4.69) is 0 Å². The summed E-state index contributed by atoms with van der Waals surface area (Å²) < 4.78 is 42.2. The highest BCUT2D eigenvalue weighted by atomic mass is 19.4. The quantitative estimate of drug-likeness (QED) is 0.552. The van der Waals surface area contributed by atoms with Crippen LogP contribution in [-0.2, 0) is 9.53 Å². The molecule has 1 rings (SSSR count). The molecular weight excluding hydrogens is 233 g/mol. The van der Waals surface area contributed by atoms with E-state index in [4.69, 9.17) is 4.74 Å². The Bertz CT molecular complexity index is 308. The molecule has 0 aliphatic heterocycles. The first-order chi connectivity index (χ1) is 7.86. The molecule has 0 aromatic carbocycles. The van der Waals surface area contributed by atoms with Crippen molar-refractivity contribution in [1.29, 1.82) is 0 Å².